The molecular formula is C16H24N4O2. The van der Waals surface area contributed by atoms with Gasteiger partial charge in [0.05, 0.1) is 12.6 Å². The van der Waals surface area contributed by atoms with E-state index in [2.05, 4.69) is 22.1 Å². The minimum absolute atomic E-state index is 0.0375. The number of amides is 1. The van der Waals surface area contributed by atoms with Gasteiger partial charge in [0.2, 0.25) is 0 Å². The molecule has 1 aromatic rings. The molecule has 22 heavy (non-hydrogen) atoms. The minimum Gasteiger partial charge on any atom is -0.366 e. The molecular weight excluding hydrogens is 280 g/mol. The Labute approximate surface area is 131 Å². The van der Waals surface area contributed by atoms with E-state index in [4.69, 9.17) is 4.74 Å². The molecule has 2 aliphatic rings. The Morgan fingerprint density at radius 2 is 2.41 bits per heavy atom. The molecule has 2 aliphatic heterocycles. The predicted molar refractivity (Wildman–Crippen MR) is 83.4 cm³/mol. The summed E-state index contributed by atoms with van der Waals surface area (Å²) in [6.45, 7) is 7.62. The lowest BCUT2D eigenvalue weighted by atomic mass is 10.0. The summed E-state index contributed by atoms with van der Waals surface area (Å²) in [4.78, 5) is 21.3. The minimum atomic E-state index is -0.342. The van der Waals surface area contributed by atoms with Crippen molar-refractivity contribution in [2.45, 2.75) is 19.1 Å². The van der Waals surface area contributed by atoms with E-state index in [1.165, 1.54) is 0 Å². The van der Waals surface area contributed by atoms with Crippen LogP contribution in [0.3, 0.4) is 0 Å². The van der Waals surface area contributed by atoms with Gasteiger partial charge < -0.3 is 15.0 Å². The molecule has 1 aromatic heterocycles. The van der Waals surface area contributed by atoms with Gasteiger partial charge in [-0.25, -0.2) is 0 Å². The number of rotatable bonds is 3. The zero-order valence-electron chi connectivity index (χ0n) is 13.1. The lowest BCUT2D eigenvalue weighted by Crippen LogP contribution is -2.56. The molecule has 0 spiro atoms. The van der Waals surface area contributed by atoms with Crippen LogP contribution >= 0.6 is 0 Å². The van der Waals surface area contributed by atoms with E-state index < -0.39 is 0 Å². The largest absolute Gasteiger partial charge is 0.366 e. The maximum atomic E-state index is 12.9. The Balaban J connectivity index is 1.74. The predicted octanol–water partition coefficient (Wildman–Crippen LogP) is 0.275. The molecule has 3 rings (SSSR count). The smallest absolute Gasteiger partial charge is 0.253 e. The van der Waals surface area contributed by atoms with Crippen molar-refractivity contribution >= 4 is 5.91 Å². The number of carbonyl (C=O) groups is 1. The van der Waals surface area contributed by atoms with Gasteiger partial charge in [-0.3, -0.25) is 14.7 Å². The number of piperazine rings is 1. The second-order valence-corrected chi connectivity index (χ2v) is 5.79. The number of morpholine rings is 1. The highest BCUT2D eigenvalue weighted by Crippen LogP contribution is 2.23. The lowest BCUT2D eigenvalue weighted by Gasteiger charge is -2.40. The van der Waals surface area contributed by atoms with Gasteiger partial charge in [-0.2, -0.15) is 0 Å². The van der Waals surface area contributed by atoms with Gasteiger partial charge >= 0.3 is 0 Å². The molecule has 6 heteroatoms. The maximum Gasteiger partial charge on any atom is 0.253 e. The van der Waals surface area contributed by atoms with E-state index in [0.717, 1.165) is 31.7 Å². The number of aromatic nitrogens is 1. The standard InChI is InChI=1S/C16H24N4O2/c1-2-19-8-9-22-15(12-19)16(21)20-7-6-18-11-14(20)13-4-3-5-17-10-13/h3-5,10,14-15,18H,2,6-9,11-12H2,1H3. The van der Waals surface area contributed by atoms with Gasteiger partial charge in [0.25, 0.3) is 5.91 Å². The Bertz CT molecular complexity index is 496. The third-order valence-corrected chi connectivity index (χ3v) is 4.47. The monoisotopic (exact) mass is 304 g/mol. The number of pyridine rings is 1. The molecule has 2 saturated heterocycles. The van der Waals surface area contributed by atoms with Gasteiger partial charge in [-0.05, 0) is 18.2 Å². The van der Waals surface area contributed by atoms with Crippen LogP contribution in [0, 0.1) is 0 Å². The van der Waals surface area contributed by atoms with Crippen LogP contribution in [0.15, 0.2) is 24.5 Å². The number of nitrogens with zero attached hydrogens (tertiary/aromatic N) is 3. The number of nitrogens with one attached hydrogen (secondary N) is 1. The van der Waals surface area contributed by atoms with Gasteiger partial charge in [0.15, 0.2) is 0 Å². The van der Waals surface area contributed by atoms with E-state index in [-0.39, 0.29) is 18.1 Å². The molecule has 120 valence electrons. The second-order valence-electron chi connectivity index (χ2n) is 5.79. The number of likely N-dealkylation sites (N-methyl/N-ethyl adjacent to an activating group) is 1. The molecule has 2 fully saturated rings. The van der Waals surface area contributed by atoms with Crippen molar-refractivity contribution in [1.29, 1.82) is 0 Å². The first-order chi connectivity index (χ1) is 10.8. The van der Waals surface area contributed by atoms with Crippen molar-refractivity contribution in [2.24, 2.45) is 0 Å². The average Bonchev–Trinajstić information content (AvgIpc) is 2.62. The topological polar surface area (TPSA) is 57.7 Å². The van der Waals surface area contributed by atoms with E-state index >= 15 is 0 Å². The first kappa shape index (κ1) is 15.4. The first-order valence-corrected chi connectivity index (χ1v) is 8.04. The zero-order valence-corrected chi connectivity index (χ0v) is 13.1. The van der Waals surface area contributed by atoms with Crippen molar-refractivity contribution in [3.63, 3.8) is 0 Å². The summed E-state index contributed by atoms with van der Waals surface area (Å²) in [6, 6.07) is 3.99. The van der Waals surface area contributed by atoms with Crippen LogP contribution in [0.1, 0.15) is 18.5 Å². The highest BCUT2D eigenvalue weighted by Gasteiger charge is 2.35. The summed E-state index contributed by atoms with van der Waals surface area (Å²) in [7, 11) is 0. The molecule has 3 heterocycles. The molecule has 1 amide bonds. The molecule has 0 aromatic carbocycles. The summed E-state index contributed by atoms with van der Waals surface area (Å²) in [5.74, 6) is 0.105. The number of ether oxygens (including phenoxy) is 1. The van der Waals surface area contributed by atoms with Gasteiger partial charge in [-0.1, -0.05) is 13.0 Å². The van der Waals surface area contributed by atoms with Crippen molar-refractivity contribution in [2.75, 3.05) is 45.9 Å². The van der Waals surface area contributed by atoms with Crippen molar-refractivity contribution in [3.05, 3.63) is 30.1 Å². The average molecular weight is 304 g/mol. The van der Waals surface area contributed by atoms with Crippen LogP contribution in [0.4, 0.5) is 0 Å². The Kier molecular flexibility index (Phi) is 5.02. The SMILES string of the molecule is CCN1CCOC(C(=O)N2CCNCC2c2cccnc2)C1. The Morgan fingerprint density at radius 1 is 1.50 bits per heavy atom. The molecule has 2 atom stereocenters. The summed E-state index contributed by atoms with van der Waals surface area (Å²) in [6.07, 6.45) is 3.26. The summed E-state index contributed by atoms with van der Waals surface area (Å²) >= 11 is 0. The fourth-order valence-electron chi connectivity index (χ4n) is 3.16. The van der Waals surface area contributed by atoms with Crippen LogP contribution in [-0.4, -0.2) is 72.7 Å². The molecule has 6 nitrogen and oxygen atoms in total. The van der Waals surface area contributed by atoms with Crippen LogP contribution in [0.5, 0.6) is 0 Å². The normalized spacial score (nSPS) is 26.9. The second kappa shape index (κ2) is 7.17. The van der Waals surface area contributed by atoms with E-state index in [0.29, 0.717) is 19.7 Å². The molecule has 0 saturated carbocycles. The highest BCUT2D eigenvalue weighted by atomic mass is 16.5. The number of hydrogen-bond acceptors (Lipinski definition) is 5. The fraction of sp³-hybridized carbons (Fsp3) is 0.625. The van der Waals surface area contributed by atoms with Crippen molar-refractivity contribution < 1.29 is 9.53 Å². The number of hydrogen-bond donors (Lipinski definition) is 1. The summed E-state index contributed by atoms with van der Waals surface area (Å²) < 4.78 is 5.74. The quantitative estimate of drug-likeness (QED) is 0.869. The zero-order chi connectivity index (χ0) is 15.4. The van der Waals surface area contributed by atoms with Crippen molar-refractivity contribution in [1.82, 2.24) is 20.1 Å². The molecule has 1 N–H and O–H groups in total. The first-order valence-electron chi connectivity index (χ1n) is 8.04. The summed E-state index contributed by atoms with van der Waals surface area (Å²) in [5.41, 5.74) is 1.08. The maximum absolute atomic E-state index is 12.9. The van der Waals surface area contributed by atoms with Crippen LogP contribution in [0.25, 0.3) is 0 Å². The molecule has 2 unspecified atom stereocenters. The Morgan fingerprint density at radius 3 is 3.18 bits per heavy atom. The molecule has 0 radical (unpaired) electrons. The molecule has 0 aliphatic carbocycles. The van der Waals surface area contributed by atoms with Gasteiger partial charge in [-0.15, -0.1) is 0 Å². The van der Waals surface area contributed by atoms with E-state index in [9.17, 15) is 4.79 Å². The number of carbonyl (C=O) groups excluding carboxylic acids is 1. The van der Waals surface area contributed by atoms with E-state index in [1.807, 2.05) is 23.2 Å². The third kappa shape index (κ3) is 3.29. The van der Waals surface area contributed by atoms with E-state index in [1.54, 1.807) is 6.20 Å². The van der Waals surface area contributed by atoms with Gasteiger partial charge in [0, 0.05) is 45.1 Å². The Hall–Kier alpha value is -1.50. The third-order valence-electron chi connectivity index (χ3n) is 4.47. The van der Waals surface area contributed by atoms with Crippen LogP contribution in [0.2, 0.25) is 0 Å². The molecule has 0 bridgehead atoms. The van der Waals surface area contributed by atoms with Gasteiger partial charge in [0.1, 0.15) is 6.10 Å². The highest BCUT2D eigenvalue weighted by molar-refractivity contribution is 5.82. The summed E-state index contributed by atoms with van der Waals surface area (Å²) in [5, 5.41) is 3.37. The van der Waals surface area contributed by atoms with Crippen LogP contribution < -0.4 is 5.32 Å². The fourth-order valence-corrected chi connectivity index (χ4v) is 3.16. The van der Waals surface area contributed by atoms with Crippen molar-refractivity contribution in [3.8, 4) is 0 Å². The van der Waals surface area contributed by atoms with Crippen LogP contribution in [-0.2, 0) is 9.53 Å². The lowest BCUT2D eigenvalue weighted by molar-refractivity contribution is -0.152.